The average molecular weight is 256 g/mol. The van der Waals surface area contributed by atoms with E-state index in [1.807, 2.05) is 0 Å². The van der Waals surface area contributed by atoms with Crippen LogP contribution < -0.4 is 5.32 Å². The van der Waals surface area contributed by atoms with E-state index in [2.05, 4.69) is 51.7 Å². The van der Waals surface area contributed by atoms with Crippen LogP contribution in [0.3, 0.4) is 0 Å². The number of fused-ring (bicyclic) bond motifs is 1. The summed E-state index contributed by atoms with van der Waals surface area (Å²) in [4.78, 5) is 4.15. The number of rotatable bonds is 4. The third-order valence-electron chi connectivity index (χ3n) is 4.01. The van der Waals surface area contributed by atoms with Crippen molar-refractivity contribution in [3.63, 3.8) is 0 Å². The molecule has 0 saturated heterocycles. The SMILES string of the molecule is CC1CCC(NCCc2ncn[nH]2)c2ccccc21. The molecule has 3 rings (SSSR count). The number of aromatic amines is 1. The van der Waals surface area contributed by atoms with Gasteiger partial charge in [-0.15, -0.1) is 0 Å². The first-order chi connectivity index (χ1) is 9.34. The lowest BCUT2D eigenvalue weighted by atomic mass is 9.81. The van der Waals surface area contributed by atoms with Crippen LogP contribution in [-0.4, -0.2) is 21.7 Å². The average Bonchev–Trinajstić information content (AvgIpc) is 2.95. The van der Waals surface area contributed by atoms with Gasteiger partial charge in [-0.2, -0.15) is 5.10 Å². The molecule has 4 nitrogen and oxygen atoms in total. The van der Waals surface area contributed by atoms with E-state index in [9.17, 15) is 0 Å². The highest BCUT2D eigenvalue weighted by atomic mass is 15.2. The highest BCUT2D eigenvalue weighted by Gasteiger charge is 2.23. The zero-order valence-corrected chi connectivity index (χ0v) is 11.3. The van der Waals surface area contributed by atoms with Crippen molar-refractivity contribution in [1.29, 1.82) is 0 Å². The fraction of sp³-hybridized carbons (Fsp3) is 0.467. The van der Waals surface area contributed by atoms with Crippen LogP contribution in [0.25, 0.3) is 0 Å². The van der Waals surface area contributed by atoms with E-state index in [0.29, 0.717) is 12.0 Å². The Labute approximate surface area is 113 Å². The Morgan fingerprint density at radius 1 is 1.26 bits per heavy atom. The Hall–Kier alpha value is -1.68. The zero-order valence-electron chi connectivity index (χ0n) is 11.3. The molecule has 1 aromatic heterocycles. The van der Waals surface area contributed by atoms with Gasteiger partial charge in [-0.1, -0.05) is 31.2 Å². The lowest BCUT2D eigenvalue weighted by molar-refractivity contribution is 0.433. The maximum Gasteiger partial charge on any atom is 0.137 e. The molecule has 0 saturated carbocycles. The van der Waals surface area contributed by atoms with Crippen molar-refractivity contribution in [3.05, 3.63) is 47.5 Å². The van der Waals surface area contributed by atoms with Crippen LogP contribution in [0.15, 0.2) is 30.6 Å². The van der Waals surface area contributed by atoms with Gasteiger partial charge in [-0.05, 0) is 29.9 Å². The molecule has 2 unspecified atom stereocenters. The number of nitrogens with one attached hydrogen (secondary N) is 2. The highest BCUT2D eigenvalue weighted by molar-refractivity contribution is 5.34. The smallest absolute Gasteiger partial charge is 0.137 e. The lowest BCUT2D eigenvalue weighted by Gasteiger charge is -2.30. The first-order valence-electron chi connectivity index (χ1n) is 7.01. The van der Waals surface area contributed by atoms with E-state index in [4.69, 9.17) is 0 Å². The van der Waals surface area contributed by atoms with Crippen molar-refractivity contribution in [2.75, 3.05) is 6.54 Å². The van der Waals surface area contributed by atoms with E-state index in [0.717, 1.165) is 18.8 Å². The third-order valence-corrected chi connectivity index (χ3v) is 4.01. The van der Waals surface area contributed by atoms with E-state index in [1.165, 1.54) is 24.0 Å². The fourth-order valence-electron chi connectivity index (χ4n) is 2.93. The summed E-state index contributed by atoms with van der Waals surface area (Å²) in [5, 5.41) is 10.4. The Balaban J connectivity index is 1.64. The van der Waals surface area contributed by atoms with Gasteiger partial charge in [0.1, 0.15) is 12.2 Å². The first-order valence-corrected chi connectivity index (χ1v) is 7.01. The molecule has 19 heavy (non-hydrogen) atoms. The minimum Gasteiger partial charge on any atom is -0.309 e. The van der Waals surface area contributed by atoms with Crippen LogP contribution >= 0.6 is 0 Å². The third kappa shape index (κ3) is 2.68. The van der Waals surface area contributed by atoms with Crippen LogP contribution in [0, 0.1) is 0 Å². The summed E-state index contributed by atoms with van der Waals surface area (Å²) in [5.74, 6) is 1.63. The molecule has 4 heteroatoms. The molecule has 1 aromatic carbocycles. The standard InChI is InChI=1S/C15H20N4/c1-11-6-7-14(13-5-3-2-4-12(11)13)16-9-8-15-17-10-18-19-15/h2-5,10-11,14,16H,6-9H2,1H3,(H,17,18,19). The monoisotopic (exact) mass is 256 g/mol. The Morgan fingerprint density at radius 2 is 2.11 bits per heavy atom. The quantitative estimate of drug-likeness (QED) is 0.884. The molecular formula is C15H20N4. The molecule has 0 aliphatic heterocycles. The van der Waals surface area contributed by atoms with E-state index >= 15 is 0 Å². The molecule has 1 aliphatic rings. The van der Waals surface area contributed by atoms with Crippen molar-refractivity contribution in [1.82, 2.24) is 20.5 Å². The molecule has 0 radical (unpaired) electrons. The van der Waals surface area contributed by atoms with Crippen molar-refractivity contribution in [2.45, 2.75) is 38.1 Å². The number of aromatic nitrogens is 3. The van der Waals surface area contributed by atoms with Crippen LogP contribution in [0.4, 0.5) is 0 Å². The molecule has 100 valence electrons. The van der Waals surface area contributed by atoms with Gasteiger partial charge in [0.25, 0.3) is 0 Å². The second-order valence-corrected chi connectivity index (χ2v) is 5.30. The summed E-state index contributed by atoms with van der Waals surface area (Å²) >= 11 is 0. The number of hydrogen-bond acceptors (Lipinski definition) is 3. The number of benzene rings is 1. The predicted molar refractivity (Wildman–Crippen MR) is 74.9 cm³/mol. The van der Waals surface area contributed by atoms with Gasteiger partial charge in [-0.3, -0.25) is 5.10 Å². The summed E-state index contributed by atoms with van der Waals surface area (Å²) < 4.78 is 0. The highest BCUT2D eigenvalue weighted by Crippen LogP contribution is 2.36. The molecule has 0 amide bonds. The summed E-state index contributed by atoms with van der Waals surface area (Å²) in [6.45, 7) is 3.26. The second kappa shape index (κ2) is 5.53. The molecule has 2 N–H and O–H groups in total. The summed E-state index contributed by atoms with van der Waals surface area (Å²) in [5.41, 5.74) is 2.98. The van der Waals surface area contributed by atoms with Gasteiger partial charge >= 0.3 is 0 Å². The molecule has 0 bridgehead atoms. The minimum absolute atomic E-state index is 0.482. The fourth-order valence-corrected chi connectivity index (χ4v) is 2.93. The minimum atomic E-state index is 0.482. The molecule has 0 spiro atoms. The molecule has 1 heterocycles. The van der Waals surface area contributed by atoms with Gasteiger partial charge < -0.3 is 5.32 Å². The van der Waals surface area contributed by atoms with Crippen LogP contribution in [0.1, 0.15) is 48.7 Å². The molecule has 2 atom stereocenters. The van der Waals surface area contributed by atoms with Crippen molar-refractivity contribution in [2.24, 2.45) is 0 Å². The van der Waals surface area contributed by atoms with Crippen molar-refractivity contribution in [3.8, 4) is 0 Å². The predicted octanol–water partition coefficient (Wildman–Crippen LogP) is 2.58. The Kier molecular flexibility index (Phi) is 3.60. The normalized spacial score (nSPS) is 22.2. The maximum atomic E-state index is 4.15. The maximum absolute atomic E-state index is 4.15. The summed E-state index contributed by atoms with van der Waals surface area (Å²) in [7, 11) is 0. The molecule has 1 aliphatic carbocycles. The molecular weight excluding hydrogens is 236 g/mol. The largest absolute Gasteiger partial charge is 0.309 e. The Bertz CT molecular complexity index is 521. The summed E-state index contributed by atoms with van der Waals surface area (Å²) in [6.07, 6.45) is 4.94. The van der Waals surface area contributed by atoms with E-state index in [-0.39, 0.29) is 0 Å². The number of H-pyrrole nitrogens is 1. The van der Waals surface area contributed by atoms with Crippen molar-refractivity contribution >= 4 is 0 Å². The topological polar surface area (TPSA) is 53.6 Å². The molecule has 0 fully saturated rings. The van der Waals surface area contributed by atoms with Gasteiger partial charge in [0.2, 0.25) is 0 Å². The first kappa shape index (κ1) is 12.4. The molecule has 2 aromatic rings. The number of nitrogens with zero attached hydrogens (tertiary/aromatic N) is 2. The van der Waals surface area contributed by atoms with Crippen LogP contribution in [-0.2, 0) is 6.42 Å². The van der Waals surface area contributed by atoms with Gasteiger partial charge in [0.05, 0.1) is 0 Å². The van der Waals surface area contributed by atoms with E-state index < -0.39 is 0 Å². The van der Waals surface area contributed by atoms with Gasteiger partial charge in [0.15, 0.2) is 0 Å². The van der Waals surface area contributed by atoms with Gasteiger partial charge in [0, 0.05) is 19.0 Å². The Morgan fingerprint density at radius 3 is 2.89 bits per heavy atom. The zero-order chi connectivity index (χ0) is 13.1. The van der Waals surface area contributed by atoms with Gasteiger partial charge in [-0.25, -0.2) is 4.98 Å². The van der Waals surface area contributed by atoms with Crippen molar-refractivity contribution < 1.29 is 0 Å². The second-order valence-electron chi connectivity index (χ2n) is 5.30. The van der Waals surface area contributed by atoms with Crippen LogP contribution in [0.2, 0.25) is 0 Å². The number of hydrogen-bond donors (Lipinski definition) is 2. The van der Waals surface area contributed by atoms with Crippen LogP contribution in [0.5, 0.6) is 0 Å². The lowest BCUT2D eigenvalue weighted by Crippen LogP contribution is -2.28. The summed E-state index contributed by atoms with van der Waals surface area (Å²) in [6, 6.07) is 9.30. The van der Waals surface area contributed by atoms with E-state index in [1.54, 1.807) is 6.33 Å².